The number of nitrogens with zero attached hydrogens (tertiary/aromatic N) is 3. The fourth-order valence-corrected chi connectivity index (χ4v) is 3.65. The van der Waals surface area contributed by atoms with Crippen molar-refractivity contribution in [3.63, 3.8) is 0 Å². The van der Waals surface area contributed by atoms with E-state index in [-0.39, 0.29) is 36.4 Å². The Kier molecular flexibility index (Phi) is 10.7. The number of ether oxygens (including phenoxy) is 1. The average Bonchev–Trinajstić information content (AvgIpc) is 3.00. The highest BCUT2D eigenvalue weighted by molar-refractivity contribution is 14.0. The lowest BCUT2D eigenvalue weighted by Gasteiger charge is -2.22. The van der Waals surface area contributed by atoms with Gasteiger partial charge in [0.25, 0.3) is 0 Å². The number of nitrogens with one attached hydrogen (secondary N) is 1. The zero-order valence-corrected chi connectivity index (χ0v) is 18.3. The van der Waals surface area contributed by atoms with E-state index in [2.05, 4.69) is 15.2 Å². The molecule has 1 saturated carbocycles. The molecule has 1 saturated heterocycles. The van der Waals surface area contributed by atoms with Crippen molar-refractivity contribution in [2.24, 2.45) is 16.8 Å². The molecule has 1 aliphatic carbocycles. The number of rotatable bonds is 7. The predicted molar refractivity (Wildman–Crippen MR) is 113 cm³/mol. The molecule has 1 N–H and O–H groups in total. The SMILES string of the molecule is CCOCCCNC(=NCC(=O)N(C)C)N1CC2CCCCC2C1.I. The summed E-state index contributed by atoms with van der Waals surface area (Å²) in [7, 11) is 3.55. The number of hydrogen-bond donors (Lipinski definition) is 1. The van der Waals surface area contributed by atoms with Gasteiger partial charge in [-0.15, -0.1) is 24.0 Å². The summed E-state index contributed by atoms with van der Waals surface area (Å²) in [5.74, 6) is 2.55. The maximum Gasteiger partial charge on any atom is 0.243 e. The molecular formula is C18H35IN4O2. The lowest BCUT2D eigenvalue weighted by Crippen LogP contribution is -2.41. The van der Waals surface area contributed by atoms with E-state index in [9.17, 15) is 4.79 Å². The smallest absolute Gasteiger partial charge is 0.243 e. The quantitative estimate of drug-likeness (QED) is 0.271. The summed E-state index contributed by atoms with van der Waals surface area (Å²) in [6.45, 7) is 6.75. The van der Waals surface area contributed by atoms with Crippen molar-refractivity contribution >= 4 is 35.8 Å². The summed E-state index contributed by atoms with van der Waals surface area (Å²) in [6, 6.07) is 0. The van der Waals surface area contributed by atoms with Gasteiger partial charge < -0.3 is 19.9 Å². The third kappa shape index (κ3) is 7.29. The summed E-state index contributed by atoms with van der Waals surface area (Å²) >= 11 is 0. The van der Waals surface area contributed by atoms with E-state index in [0.717, 1.165) is 57.1 Å². The van der Waals surface area contributed by atoms with Gasteiger partial charge in [0.2, 0.25) is 5.91 Å². The van der Waals surface area contributed by atoms with E-state index in [1.165, 1.54) is 25.7 Å². The minimum atomic E-state index is 0. The van der Waals surface area contributed by atoms with Crippen molar-refractivity contribution in [3.8, 4) is 0 Å². The molecular weight excluding hydrogens is 431 g/mol. The van der Waals surface area contributed by atoms with Crippen LogP contribution in [0.25, 0.3) is 0 Å². The lowest BCUT2D eigenvalue weighted by molar-refractivity contribution is -0.127. The Morgan fingerprint density at radius 3 is 2.44 bits per heavy atom. The maximum atomic E-state index is 11.9. The number of halogens is 1. The standard InChI is InChI=1S/C18H34N4O2.HI/c1-4-24-11-7-10-19-18(20-12-17(23)21(2)3)22-13-15-8-5-6-9-16(15)14-22;/h15-16H,4-14H2,1-3H3,(H,19,20);1H. The molecule has 1 heterocycles. The topological polar surface area (TPSA) is 57.2 Å². The van der Waals surface area contributed by atoms with Crippen LogP contribution in [0.4, 0.5) is 0 Å². The zero-order chi connectivity index (χ0) is 17.4. The molecule has 0 spiro atoms. The summed E-state index contributed by atoms with van der Waals surface area (Å²) < 4.78 is 5.39. The average molecular weight is 466 g/mol. The third-order valence-corrected chi connectivity index (χ3v) is 5.09. The van der Waals surface area contributed by atoms with E-state index in [1.54, 1.807) is 19.0 Å². The van der Waals surface area contributed by atoms with Gasteiger partial charge in [-0.05, 0) is 38.0 Å². The van der Waals surface area contributed by atoms with Crippen LogP contribution in [-0.4, -0.2) is 75.2 Å². The molecule has 0 radical (unpaired) electrons. The molecule has 1 aliphatic heterocycles. The number of amides is 1. The molecule has 2 atom stereocenters. The summed E-state index contributed by atoms with van der Waals surface area (Å²) in [6.07, 6.45) is 6.37. The van der Waals surface area contributed by atoms with Gasteiger partial charge in [-0.2, -0.15) is 0 Å². The molecule has 7 heteroatoms. The second-order valence-electron chi connectivity index (χ2n) is 7.11. The first-order valence-electron chi connectivity index (χ1n) is 9.43. The Morgan fingerprint density at radius 1 is 1.24 bits per heavy atom. The predicted octanol–water partition coefficient (Wildman–Crippen LogP) is 2.19. The van der Waals surface area contributed by atoms with E-state index >= 15 is 0 Å². The van der Waals surface area contributed by atoms with Crippen molar-refractivity contribution in [1.82, 2.24) is 15.1 Å². The summed E-state index contributed by atoms with van der Waals surface area (Å²) in [4.78, 5) is 20.4. The van der Waals surface area contributed by atoms with Gasteiger partial charge in [0.15, 0.2) is 5.96 Å². The van der Waals surface area contributed by atoms with Gasteiger partial charge >= 0.3 is 0 Å². The first kappa shape index (κ1) is 22.5. The number of guanidine groups is 1. The van der Waals surface area contributed by atoms with Crippen molar-refractivity contribution in [2.45, 2.75) is 39.0 Å². The highest BCUT2D eigenvalue weighted by Gasteiger charge is 2.35. The third-order valence-electron chi connectivity index (χ3n) is 5.09. The van der Waals surface area contributed by atoms with Gasteiger partial charge in [0.05, 0.1) is 0 Å². The Hall–Kier alpha value is -0.570. The molecule has 0 aromatic carbocycles. The minimum Gasteiger partial charge on any atom is -0.382 e. The van der Waals surface area contributed by atoms with Crippen LogP contribution in [0.1, 0.15) is 39.0 Å². The van der Waals surface area contributed by atoms with Crippen LogP contribution in [0.3, 0.4) is 0 Å². The van der Waals surface area contributed by atoms with Crippen LogP contribution >= 0.6 is 24.0 Å². The Balaban J connectivity index is 0.00000312. The normalized spacial score (nSPS) is 23.0. The Morgan fingerprint density at radius 2 is 1.88 bits per heavy atom. The number of carbonyl (C=O) groups excluding carboxylic acids is 1. The molecule has 25 heavy (non-hydrogen) atoms. The zero-order valence-electron chi connectivity index (χ0n) is 16.0. The highest BCUT2D eigenvalue weighted by atomic mass is 127. The fraction of sp³-hybridized carbons (Fsp3) is 0.889. The first-order chi connectivity index (χ1) is 11.6. The monoisotopic (exact) mass is 466 g/mol. The molecule has 0 aromatic rings. The second kappa shape index (κ2) is 11.9. The number of hydrogen-bond acceptors (Lipinski definition) is 3. The molecule has 2 rings (SSSR count). The van der Waals surface area contributed by atoms with Crippen molar-refractivity contribution < 1.29 is 9.53 Å². The van der Waals surface area contributed by atoms with Crippen molar-refractivity contribution in [3.05, 3.63) is 0 Å². The molecule has 146 valence electrons. The van der Waals surface area contributed by atoms with Crippen molar-refractivity contribution in [2.75, 3.05) is 53.5 Å². The van der Waals surface area contributed by atoms with Crippen molar-refractivity contribution in [1.29, 1.82) is 0 Å². The number of fused-ring (bicyclic) bond motifs is 1. The number of aliphatic imine (C=N–C) groups is 1. The van der Waals surface area contributed by atoms with E-state index in [1.807, 2.05) is 6.92 Å². The Bertz CT molecular complexity index is 417. The van der Waals surface area contributed by atoms with E-state index in [0.29, 0.717) is 0 Å². The van der Waals surface area contributed by atoms with Crippen LogP contribution in [-0.2, 0) is 9.53 Å². The highest BCUT2D eigenvalue weighted by Crippen LogP contribution is 2.35. The molecule has 0 aromatic heterocycles. The number of carbonyl (C=O) groups is 1. The molecule has 6 nitrogen and oxygen atoms in total. The van der Waals surface area contributed by atoms with Crippen LogP contribution < -0.4 is 5.32 Å². The molecule has 2 aliphatic rings. The second-order valence-corrected chi connectivity index (χ2v) is 7.11. The summed E-state index contributed by atoms with van der Waals surface area (Å²) in [5, 5.41) is 3.45. The van der Waals surface area contributed by atoms with Gasteiger partial charge in [0.1, 0.15) is 6.54 Å². The van der Waals surface area contributed by atoms with Crippen LogP contribution in [0.2, 0.25) is 0 Å². The minimum absolute atomic E-state index is 0. The molecule has 1 amide bonds. The van der Waals surface area contributed by atoms with Gasteiger partial charge in [0, 0.05) is 46.9 Å². The fourth-order valence-electron chi connectivity index (χ4n) is 3.65. The van der Waals surface area contributed by atoms with Crippen LogP contribution in [0, 0.1) is 11.8 Å². The maximum absolute atomic E-state index is 11.9. The molecule has 2 fully saturated rings. The summed E-state index contributed by atoms with van der Waals surface area (Å²) in [5.41, 5.74) is 0. The number of likely N-dealkylation sites (N-methyl/N-ethyl adjacent to an activating group) is 1. The van der Waals surface area contributed by atoms with Crippen LogP contribution in [0.5, 0.6) is 0 Å². The van der Waals surface area contributed by atoms with Crippen LogP contribution in [0.15, 0.2) is 4.99 Å². The molecule has 2 unspecified atom stereocenters. The van der Waals surface area contributed by atoms with Gasteiger partial charge in [-0.25, -0.2) is 4.99 Å². The largest absolute Gasteiger partial charge is 0.382 e. The van der Waals surface area contributed by atoms with E-state index < -0.39 is 0 Å². The lowest BCUT2D eigenvalue weighted by atomic mass is 9.82. The first-order valence-corrected chi connectivity index (χ1v) is 9.43. The number of likely N-dealkylation sites (tertiary alicyclic amines) is 1. The van der Waals surface area contributed by atoms with E-state index in [4.69, 9.17) is 4.74 Å². The Labute approximate surface area is 169 Å². The van der Waals surface area contributed by atoms with Gasteiger partial charge in [-0.1, -0.05) is 12.8 Å². The van der Waals surface area contributed by atoms with Gasteiger partial charge in [-0.3, -0.25) is 4.79 Å². The molecule has 0 bridgehead atoms.